The fraction of sp³-hybridized carbons (Fsp3) is 0.364. The van der Waals surface area contributed by atoms with Crippen LogP contribution < -0.4 is 5.32 Å². The predicted molar refractivity (Wildman–Crippen MR) is 62.7 cm³/mol. The SMILES string of the molecule is CC[C@H](CO)NC(=O)c1cccc(F)c1Br. The molecule has 0 saturated heterocycles. The average Bonchev–Trinajstić information content (AvgIpc) is 2.29. The monoisotopic (exact) mass is 289 g/mol. The summed E-state index contributed by atoms with van der Waals surface area (Å²) in [7, 11) is 0. The van der Waals surface area contributed by atoms with Crippen LogP contribution in [0.15, 0.2) is 22.7 Å². The minimum atomic E-state index is -0.482. The number of amides is 1. The van der Waals surface area contributed by atoms with Crippen molar-refractivity contribution in [3.05, 3.63) is 34.1 Å². The number of hydrogen-bond acceptors (Lipinski definition) is 2. The van der Waals surface area contributed by atoms with E-state index >= 15 is 0 Å². The Balaban J connectivity index is 2.84. The van der Waals surface area contributed by atoms with Crippen LogP contribution in [0.2, 0.25) is 0 Å². The summed E-state index contributed by atoms with van der Waals surface area (Å²) in [6.07, 6.45) is 0.620. The smallest absolute Gasteiger partial charge is 0.252 e. The first-order valence-electron chi connectivity index (χ1n) is 4.95. The summed E-state index contributed by atoms with van der Waals surface area (Å²) in [4.78, 5) is 11.7. The predicted octanol–water partition coefficient (Wildman–Crippen LogP) is 2.09. The van der Waals surface area contributed by atoms with Crippen molar-refractivity contribution in [2.45, 2.75) is 19.4 Å². The Hall–Kier alpha value is -0.940. The minimum Gasteiger partial charge on any atom is -0.394 e. The lowest BCUT2D eigenvalue weighted by Gasteiger charge is -2.14. The molecule has 1 aromatic rings. The number of benzene rings is 1. The first kappa shape index (κ1) is 13.1. The van der Waals surface area contributed by atoms with Crippen molar-refractivity contribution in [3.8, 4) is 0 Å². The molecule has 0 spiro atoms. The molecule has 5 heteroatoms. The normalized spacial score (nSPS) is 12.2. The zero-order chi connectivity index (χ0) is 12.1. The van der Waals surface area contributed by atoms with E-state index in [1.54, 1.807) is 0 Å². The highest BCUT2D eigenvalue weighted by Crippen LogP contribution is 2.20. The van der Waals surface area contributed by atoms with E-state index in [0.717, 1.165) is 0 Å². The number of halogens is 2. The molecule has 0 fully saturated rings. The quantitative estimate of drug-likeness (QED) is 0.892. The van der Waals surface area contributed by atoms with Crippen molar-refractivity contribution < 1.29 is 14.3 Å². The van der Waals surface area contributed by atoms with Crippen LogP contribution in [-0.2, 0) is 0 Å². The number of rotatable bonds is 4. The Morgan fingerprint density at radius 3 is 2.88 bits per heavy atom. The van der Waals surface area contributed by atoms with E-state index in [0.29, 0.717) is 6.42 Å². The molecule has 0 aliphatic carbocycles. The van der Waals surface area contributed by atoms with Gasteiger partial charge < -0.3 is 10.4 Å². The molecule has 0 bridgehead atoms. The Bertz CT molecular complexity index is 380. The van der Waals surface area contributed by atoms with Gasteiger partial charge in [0.25, 0.3) is 5.91 Å². The van der Waals surface area contributed by atoms with Gasteiger partial charge in [-0.2, -0.15) is 0 Å². The van der Waals surface area contributed by atoms with Gasteiger partial charge in [-0.25, -0.2) is 4.39 Å². The van der Waals surface area contributed by atoms with E-state index in [1.807, 2.05) is 6.92 Å². The van der Waals surface area contributed by atoms with Crippen LogP contribution in [0.3, 0.4) is 0 Å². The number of carbonyl (C=O) groups excluding carboxylic acids is 1. The molecule has 0 saturated carbocycles. The molecule has 0 radical (unpaired) electrons. The molecule has 1 rings (SSSR count). The summed E-state index contributed by atoms with van der Waals surface area (Å²) in [5, 5.41) is 11.6. The molecular weight excluding hydrogens is 277 g/mol. The summed E-state index contributed by atoms with van der Waals surface area (Å²) >= 11 is 3.02. The highest BCUT2D eigenvalue weighted by Gasteiger charge is 2.15. The van der Waals surface area contributed by atoms with Crippen LogP contribution in [0.25, 0.3) is 0 Å². The molecule has 1 amide bonds. The van der Waals surface area contributed by atoms with E-state index < -0.39 is 11.7 Å². The van der Waals surface area contributed by atoms with Gasteiger partial charge in [0.05, 0.1) is 22.7 Å². The van der Waals surface area contributed by atoms with Crippen molar-refractivity contribution in [2.75, 3.05) is 6.61 Å². The van der Waals surface area contributed by atoms with E-state index in [4.69, 9.17) is 5.11 Å². The summed E-state index contributed by atoms with van der Waals surface area (Å²) in [6.45, 7) is 1.72. The van der Waals surface area contributed by atoms with Crippen LogP contribution in [-0.4, -0.2) is 23.7 Å². The molecule has 16 heavy (non-hydrogen) atoms. The second kappa shape index (κ2) is 5.96. The average molecular weight is 290 g/mol. The lowest BCUT2D eigenvalue weighted by molar-refractivity contribution is 0.0913. The van der Waals surface area contributed by atoms with Gasteiger partial charge in [-0.05, 0) is 34.5 Å². The van der Waals surface area contributed by atoms with E-state index in [2.05, 4.69) is 21.2 Å². The van der Waals surface area contributed by atoms with Crippen LogP contribution in [0.5, 0.6) is 0 Å². The molecule has 0 aromatic heterocycles. The summed E-state index contributed by atoms with van der Waals surface area (Å²) in [5.74, 6) is -0.878. The van der Waals surface area contributed by atoms with Gasteiger partial charge in [0.15, 0.2) is 0 Å². The van der Waals surface area contributed by atoms with Gasteiger partial charge >= 0.3 is 0 Å². The Labute approximate surface area is 102 Å². The third kappa shape index (κ3) is 3.02. The molecule has 1 atom stereocenters. The minimum absolute atomic E-state index is 0.130. The summed E-state index contributed by atoms with van der Waals surface area (Å²) in [5.41, 5.74) is 0.229. The lowest BCUT2D eigenvalue weighted by atomic mass is 10.1. The molecule has 0 aliphatic heterocycles. The zero-order valence-corrected chi connectivity index (χ0v) is 10.4. The maximum atomic E-state index is 13.2. The highest BCUT2D eigenvalue weighted by molar-refractivity contribution is 9.10. The topological polar surface area (TPSA) is 49.3 Å². The number of aliphatic hydroxyl groups is 1. The molecule has 88 valence electrons. The van der Waals surface area contributed by atoms with E-state index in [9.17, 15) is 9.18 Å². The summed E-state index contributed by atoms with van der Waals surface area (Å²) in [6, 6.07) is 3.95. The Morgan fingerprint density at radius 2 is 2.31 bits per heavy atom. The number of nitrogens with one attached hydrogen (secondary N) is 1. The molecule has 0 heterocycles. The molecule has 0 aliphatic rings. The van der Waals surface area contributed by atoms with Gasteiger partial charge in [-0.3, -0.25) is 4.79 Å². The van der Waals surface area contributed by atoms with Crippen molar-refractivity contribution in [1.82, 2.24) is 5.32 Å². The Kier molecular flexibility index (Phi) is 4.89. The number of hydrogen-bond donors (Lipinski definition) is 2. The van der Waals surface area contributed by atoms with Gasteiger partial charge in [0.2, 0.25) is 0 Å². The molecular formula is C11H13BrFNO2. The number of carbonyl (C=O) groups is 1. The molecule has 1 aromatic carbocycles. The maximum Gasteiger partial charge on any atom is 0.252 e. The van der Waals surface area contributed by atoms with Crippen LogP contribution in [0, 0.1) is 5.82 Å². The molecule has 3 nitrogen and oxygen atoms in total. The maximum absolute atomic E-state index is 13.2. The third-order valence-corrected chi connectivity index (χ3v) is 3.05. The standard InChI is InChI=1S/C11H13BrFNO2/c1-2-7(6-15)14-11(16)8-4-3-5-9(13)10(8)12/h3-5,7,15H,2,6H2,1H3,(H,14,16)/t7-/m1/s1. The fourth-order valence-electron chi connectivity index (χ4n) is 1.22. The van der Waals surface area contributed by atoms with E-state index in [1.165, 1.54) is 18.2 Å². The Morgan fingerprint density at radius 1 is 1.62 bits per heavy atom. The van der Waals surface area contributed by atoms with Gasteiger partial charge in [0.1, 0.15) is 5.82 Å². The van der Waals surface area contributed by atoms with Crippen molar-refractivity contribution in [2.24, 2.45) is 0 Å². The van der Waals surface area contributed by atoms with Gasteiger partial charge in [0, 0.05) is 0 Å². The first-order valence-corrected chi connectivity index (χ1v) is 5.75. The van der Waals surface area contributed by atoms with Gasteiger partial charge in [-0.1, -0.05) is 13.0 Å². The van der Waals surface area contributed by atoms with Crippen molar-refractivity contribution in [3.63, 3.8) is 0 Å². The fourth-order valence-corrected chi connectivity index (χ4v) is 1.66. The second-order valence-corrected chi connectivity index (χ2v) is 4.16. The molecule has 0 unspecified atom stereocenters. The van der Waals surface area contributed by atoms with Crippen LogP contribution >= 0.6 is 15.9 Å². The van der Waals surface area contributed by atoms with Crippen molar-refractivity contribution >= 4 is 21.8 Å². The van der Waals surface area contributed by atoms with E-state index in [-0.39, 0.29) is 22.7 Å². The van der Waals surface area contributed by atoms with Crippen molar-refractivity contribution in [1.29, 1.82) is 0 Å². The first-order chi connectivity index (χ1) is 7.60. The van der Waals surface area contributed by atoms with Gasteiger partial charge in [-0.15, -0.1) is 0 Å². The highest BCUT2D eigenvalue weighted by atomic mass is 79.9. The van der Waals surface area contributed by atoms with Crippen LogP contribution in [0.4, 0.5) is 4.39 Å². The molecule has 2 N–H and O–H groups in total. The van der Waals surface area contributed by atoms with Crippen LogP contribution in [0.1, 0.15) is 23.7 Å². The zero-order valence-electron chi connectivity index (χ0n) is 8.84. The third-order valence-electron chi connectivity index (χ3n) is 2.24. The second-order valence-electron chi connectivity index (χ2n) is 3.36. The largest absolute Gasteiger partial charge is 0.394 e. The number of aliphatic hydroxyl groups excluding tert-OH is 1. The summed E-state index contributed by atoms with van der Waals surface area (Å²) < 4.78 is 13.3. The lowest BCUT2D eigenvalue weighted by Crippen LogP contribution is -2.37.